The summed E-state index contributed by atoms with van der Waals surface area (Å²) in [6, 6.07) is 3.27. The van der Waals surface area contributed by atoms with E-state index in [9.17, 15) is 0 Å². The van der Waals surface area contributed by atoms with Gasteiger partial charge in [0, 0.05) is 8.80 Å². The van der Waals surface area contributed by atoms with Crippen LogP contribution in [0.4, 0.5) is 0 Å². The molecule has 0 amide bonds. The van der Waals surface area contributed by atoms with Crippen LogP contribution in [-0.4, -0.2) is 14.3 Å². The molecule has 0 atom stereocenters. The first-order chi connectivity index (χ1) is 4.30. The molecule has 0 saturated carbocycles. The third-order valence-electron chi connectivity index (χ3n) is 2.59. The lowest BCUT2D eigenvalue weighted by molar-refractivity contribution is 0.710. The van der Waals surface area contributed by atoms with Gasteiger partial charge in [-0.25, -0.2) is 0 Å². The summed E-state index contributed by atoms with van der Waals surface area (Å²) in [7, 11) is -0.199. The van der Waals surface area contributed by atoms with Crippen LogP contribution in [0.1, 0.15) is 33.1 Å². The van der Waals surface area contributed by atoms with E-state index in [2.05, 4.69) is 13.8 Å². The van der Waals surface area contributed by atoms with Gasteiger partial charge in [-0.3, -0.25) is 0 Å². The molecule has 1 nitrogen and oxygen atoms in total. The summed E-state index contributed by atoms with van der Waals surface area (Å²) in [4.78, 5) is 0. The van der Waals surface area contributed by atoms with Crippen molar-refractivity contribution in [3.63, 3.8) is 0 Å². The molecular formula is C8H20OSi. The van der Waals surface area contributed by atoms with E-state index in [1.165, 1.54) is 6.42 Å². The Hall–Kier alpha value is 0.177. The molecule has 10 heavy (non-hydrogen) atoms. The molecule has 1 aliphatic heterocycles. The zero-order chi connectivity index (χ0) is 6.69. The molecule has 2 N–H and O–H groups in total. The molecule has 1 heterocycles. The second-order valence-corrected chi connectivity index (χ2v) is 7.65. The summed E-state index contributed by atoms with van der Waals surface area (Å²) in [6.07, 6.45) is 4.63. The van der Waals surface area contributed by atoms with Crippen LogP contribution in [0, 0.1) is 0 Å². The Morgan fingerprint density at radius 2 is 1.50 bits per heavy atom. The van der Waals surface area contributed by atoms with E-state index in [0.29, 0.717) is 0 Å². The van der Waals surface area contributed by atoms with E-state index in [4.69, 9.17) is 0 Å². The maximum Gasteiger partial charge on any atom is 0.0393 e. The molecule has 0 aliphatic carbocycles. The summed E-state index contributed by atoms with van der Waals surface area (Å²) in [5, 5.41) is 0. The quantitative estimate of drug-likeness (QED) is 0.525. The summed E-state index contributed by atoms with van der Waals surface area (Å²) < 4.78 is 0. The van der Waals surface area contributed by atoms with Gasteiger partial charge in [0.15, 0.2) is 0 Å². The molecule has 1 aliphatic rings. The van der Waals surface area contributed by atoms with E-state index < -0.39 is 0 Å². The van der Waals surface area contributed by atoms with Gasteiger partial charge in [0.2, 0.25) is 0 Å². The Balaban J connectivity index is 0.000000810. The minimum absolute atomic E-state index is 0. The molecule has 1 rings (SSSR count). The fourth-order valence-electron chi connectivity index (χ4n) is 1.80. The van der Waals surface area contributed by atoms with Crippen LogP contribution in [0.3, 0.4) is 0 Å². The van der Waals surface area contributed by atoms with E-state index in [0.717, 1.165) is 5.54 Å². The van der Waals surface area contributed by atoms with Crippen LogP contribution < -0.4 is 0 Å². The zero-order valence-corrected chi connectivity index (χ0v) is 8.34. The van der Waals surface area contributed by atoms with Crippen LogP contribution in [0.25, 0.3) is 0 Å². The van der Waals surface area contributed by atoms with Crippen LogP contribution in [-0.2, 0) is 0 Å². The van der Waals surface area contributed by atoms with Crippen LogP contribution >= 0.6 is 0 Å². The van der Waals surface area contributed by atoms with Crippen LogP contribution in [0.5, 0.6) is 0 Å². The molecule has 0 aromatic rings. The van der Waals surface area contributed by atoms with Gasteiger partial charge < -0.3 is 5.48 Å². The normalized spacial score (nSPS) is 20.7. The first-order valence-corrected chi connectivity index (χ1v) is 6.60. The molecule has 0 radical (unpaired) electrons. The van der Waals surface area contributed by atoms with Crippen molar-refractivity contribution >= 4 is 8.80 Å². The van der Waals surface area contributed by atoms with E-state index in [1.807, 2.05) is 0 Å². The highest BCUT2D eigenvalue weighted by atomic mass is 28.3. The van der Waals surface area contributed by atoms with E-state index >= 15 is 0 Å². The average molecular weight is 160 g/mol. The standard InChI is InChI=1S/C8H18Si.H2O/c1-8(2)9-6-4-3-5-7-9;/h8-9H,3-7H2,1-2H3;1H2. The van der Waals surface area contributed by atoms with Gasteiger partial charge in [-0.15, -0.1) is 0 Å². The smallest absolute Gasteiger partial charge is 0.0393 e. The minimum atomic E-state index is -0.199. The summed E-state index contributed by atoms with van der Waals surface area (Å²) in [5.74, 6) is 0. The maximum atomic E-state index is 2.42. The van der Waals surface area contributed by atoms with Gasteiger partial charge in [-0.05, 0) is 0 Å². The molecule has 0 aromatic carbocycles. The van der Waals surface area contributed by atoms with Gasteiger partial charge in [-0.1, -0.05) is 50.7 Å². The van der Waals surface area contributed by atoms with Crippen LogP contribution in [0.2, 0.25) is 17.6 Å². The molecule has 0 unspecified atom stereocenters. The first-order valence-electron chi connectivity index (χ1n) is 4.30. The Bertz CT molecular complexity index is 77.3. The summed E-state index contributed by atoms with van der Waals surface area (Å²) in [5.41, 5.74) is 1.07. The highest BCUT2D eigenvalue weighted by molar-refractivity contribution is 6.60. The van der Waals surface area contributed by atoms with Crippen molar-refractivity contribution in [1.82, 2.24) is 0 Å². The Kier molecular flexibility index (Phi) is 5.00. The van der Waals surface area contributed by atoms with Crippen molar-refractivity contribution in [3.05, 3.63) is 0 Å². The van der Waals surface area contributed by atoms with Gasteiger partial charge in [0.1, 0.15) is 0 Å². The lowest BCUT2D eigenvalue weighted by Crippen LogP contribution is -2.19. The highest BCUT2D eigenvalue weighted by Gasteiger charge is 2.17. The lowest BCUT2D eigenvalue weighted by Gasteiger charge is -2.23. The van der Waals surface area contributed by atoms with Crippen molar-refractivity contribution < 1.29 is 5.48 Å². The number of hydrogen-bond donors (Lipinski definition) is 0. The predicted molar refractivity (Wildman–Crippen MR) is 49.3 cm³/mol. The highest BCUT2D eigenvalue weighted by Crippen LogP contribution is 2.26. The van der Waals surface area contributed by atoms with Crippen molar-refractivity contribution in [2.24, 2.45) is 0 Å². The average Bonchev–Trinajstić information content (AvgIpc) is 1.90. The van der Waals surface area contributed by atoms with Crippen molar-refractivity contribution in [2.45, 2.75) is 50.7 Å². The Morgan fingerprint density at radius 1 is 1.00 bits per heavy atom. The van der Waals surface area contributed by atoms with Gasteiger partial charge in [0.25, 0.3) is 0 Å². The molecular weight excluding hydrogens is 140 g/mol. The topological polar surface area (TPSA) is 31.5 Å². The Labute approximate surface area is 65.7 Å². The van der Waals surface area contributed by atoms with Crippen molar-refractivity contribution in [2.75, 3.05) is 0 Å². The molecule has 62 valence electrons. The summed E-state index contributed by atoms with van der Waals surface area (Å²) >= 11 is 0. The molecule has 1 saturated heterocycles. The Morgan fingerprint density at radius 3 is 1.80 bits per heavy atom. The van der Waals surface area contributed by atoms with Crippen LogP contribution in [0.15, 0.2) is 0 Å². The number of rotatable bonds is 1. The zero-order valence-electron chi connectivity index (χ0n) is 7.19. The second-order valence-electron chi connectivity index (χ2n) is 3.64. The maximum absolute atomic E-state index is 2.42. The van der Waals surface area contributed by atoms with E-state index in [1.54, 1.807) is 24.9 Å². The third-order valence-corrected chi connectivity index (χ3v) is 6.78. The number of hydrogen-bond acceptors (Lipinski definition) is 0. The lowest BCUT2D eigenvalue weighted by atomic mass is 10.3. The molecule has 1 fully saturated rings. The minimum Gasteiger partial charge on any atom is -0.412 e. The second kappa shape index (κ2) is 4.91. The third kappa shape index (κ3) is 2.84. The summed E-state index contributed by atoms with van der Waals surface area (Å²) in [6.45, 7) is 4.84. The predicted octanol–water partition coefficient (Wildman–Crippen LogP) is 1.98. The van der Waals surface area contributed by atoms with Crippen molar-refractivity contribution in [3.8, 4) is 0 Å². The van der Waals surface area contributed by atoms with Gasteiger partial charge in [0.05, 0.1) is 0 Å². The van der Waals surface area contributed by atoms with Gasteiger partial charge in [-0.2, -0.15) is 0 Å². The SMILES string of the molecule is CC(C)[SiH]1CCCCC1.O. The molecule has 0 aromatic heterocycles. The van der Waals surface area contributed by atoms with Crippen molar-refractivity contribution in [1.29, 1.82) is 0 Å². The molecule has 0 spiro atoms. The first kappa shape index (κ1) is 10.2. The van der Waals surface area contributed by atoms with Gasteiger partial charge >= 0.3 is 0 Å². The monoisotopic (exact) mass is 160 g/mol. The molecule has 2 heteroatoms. The van der Waals surface area contributed by atoms with E-state index in [-0.39, 0.29) is 14.3 Å². The fourth-order valence-corrected chi connectivity index (χ4v) is 5.05. The fraction of sp³-hybridized carbons (Fsp3) is 1.00. The largest absolute Gasteiger partial charge is 0.412 e. The molecule has 0 bridgehead atoms.